The molecule has 7 heteroatoms. The largest absolute Gasteiger partial charge is 0.374 e. The summed E-state index contributed by atoms with van der Waals surface area (Å²) in [5.74, 6) is 0.936. The van der Waals surface area contributed by atoms with Crippen molar-refractivity contribution in [2.45, 2.75) is 25.1 Å². The van der Waals surface area contributed by atoms with Crippen LogP contribution in [0, 0.1) is 11.8 Å². The molecule has 2 aliphatic heterocycles. The van der Waals surface area contributed by atoms with Crippen LogP contribution in [0.5, 0.6) is 0 Å². The molecule has 124 valence electrons. The Balaban J connectivity index is 1.41. The molecule has 4 rings (SSSR count). The number of halogens is 1. The van der Waals surface area contributed by atoms with E-state index in [0.29, 0.717) is 38.5 Å². The van der Waals surface area contributed by atoms with Crippen molar-refractivity contribution in [1.82, 2.24) is 14.9 Å². The molecular formula is C16H21FN4O2. The Labute approximate surface area is 134 Å². The molecule has 2 saturated heterocycles. The molecular weight excluding hydrogens is 299 g/mol. The number of fused-ring (bicyclic) bond motifs is 1. The summed E-state index contributed by atoms with van der Waals surface area (Å²) in [5.41, 5.74) is 0. The van der Waals surface area contributed by atoms with Gasteiger partial charge in [0.2, 0.25) is 11.9 Å². The highest BCUT2D eigenvalue weighted by molar-refractivity contribution is 5.80. The first-order chi connectivity index (χ1) is 11.2. The standard InChI is InChI=1S/C16H21FN4O2/c17-13-6-11(7-13)15(22)21-9-12-8-20(4-5-23-14(12)10-21)16-18-2-1-3-19-16/h1-3,11-14H,4-10H2/t11?,12-,13?,14+/m0/s1. The maximum atomic E-state index is 13.0. The van der Waals surface area contributed by atoms with Crippen LogP contribution >= 0.6 is 0 Å². The van der Waals surface area contributed by atoms with Crippen molar-refractivity contribution in [3.63, 3.8) is 0 Å². The lowest BCUT2D eigenvalue weighted by Gasteiger charge is -2.32. The molecule has 0 spiro atoms. The molecule has 1 aromatic heterocycles. The Hall–Kier alpha value is -1.76. The molecule has 0 bridgehead atoms. The normalized spacial score (nSPS) is 33.8. The quantitative estimate of drug-likeness (QED) is 0.810. The molecule has 1 aromatic rings. The summed E-state index contributed by atoms with van der Waals surface area (Å²) in [6.45, 7) is 3.46. The first kappa shape index (κ1) is 14.8. The van der Waals surface area contributed by atoms with Crippen molar-refractivity contribution in [2.75, 3.05) is 37.7 Å². The van der Waals surface area contributed by atoms with Gasteiger partial charge in [0.25, 0.3) is 0 Å². The van der Waals surface area contributed by atoms with E-state index in [9.17, 15) is 9.18 Å². The number of carbonyl (C=O) groups is 1. The van der Waals surface area contributed by atoms with Crippen molar-refractivity contribution >= 4 is 11.9 Å². The molecule has 2 atom stereocenters. The lowest BCUT2D eigenvalue weighted by Crippen LogP contribution is -2.42. The number of aromatic nitrogens is 2. The van der Waals surface area contributed by atoms with Crippen LogP contribution in [0.4, 0.5) is 10.3 Å². The molecule has 3 fully saturated rings. The Morgan fingerprint density at radius 2 is 2.00 bits per heavy atom. The van der Waals surface area contributed by atoms with E-state index in [1.807, 2.05) is 4.90 Å². The molecule has 0 aromatic carbocycles. The minimum absolute atomic E-state index is 0.0638. The highest BCUT2D eigenvalue weighted by Gasteiger charge is 2.43. The van der Waals surface area contributed by atoms with Crippen molar-refractivity contribution in [1.29, 1.82) is 0 Å². The van der Waals surface area contributed by atoms with Gasteiger partial charge in [-0.1, -0.05) is 0 Å². The predicted molar refractivity (Wildman–Crippen MR) is 81.7 cm³/mol. The lowest BCUT2D eigenvalue weighted by molar-refractivity contribution is -0.139. The van der Waals surface area contributed by atoms with Gasteiger partial charge in [-0.15, -0.1) is 0 Å². The molecule has 6 nitrogen and oxygen atoms in total. The number of alkyl halides is 1. The SMILES string of the molecule is O=C(C1CC(F)C1)N1C[C@@H]2CN(c3ncccn3)CCO[C@@H]2C1. The zero-order valence-electron chi connectivity index (χ0n) is 13.0. The van der Waals surface area contributed by atoms with Gasteiger partial charge in [-0.25, -0.2) is 14.4 Å². The van der Waals surface area contributed by atoms with Crippen LogP contribution in [0.15, 0.2) is 18.5 Å². The van der Waals surface area contributed by atoms with Crippen LogP contribution in [-0.2, 0) is 9.53 Å². The second-order valence-corrected chi connectivity index (χ2v) is 6.67. The van der Waals surface area contributed by atoms with Gasteiger partial charge < -0.3 is 14.5 Å². The minimum atomic E-state index is -0.793. The van der Waals surface area contributed by atoms with E-state index >= 15 is 0 Å². The van der Waals surface area contributed by atoms with Crippen LogP contribution < -0.4 is 4.90 Å². The Morgan fingerprint density at radius 1 is 1.22 bits per heavy atom. The third-order valence-electron chi connectivity index (χ3n) is 5.11. The van der Waals surface area contributed by atoms with E-state index in [4.69, 9.17) is 4.74 Å². The maximum Gasteiger partial charge on any atom is 0.225 e. The second-order valence-electron chi connectivity index (χ2n) is 6.67. The second kappa shape index (κ2) is 6.03. The fourth-order valence-electron chi connectivity index (χ4n) is 3.72. The van der Waals surface area contributed by atoms with Crippen LogP contribution in [0.2, 0.25) is 0 Å². The van der Waals surface area contributed by atoms with Gasteiger partial charge in [0, 0.05) is 50.4 Å². The summed E-state index contributed by atoms with van der Waals surface area (Å²) in [5, 5.41) is 0. The Kier molecular flexibility index (Phi) is 3.88. The molecule has 1 amide bonds. The van der Waals surface area contributed by atoms with Gasteiger partial charge in [0.05, 0.1) is 12.7 Å². The van der Waals surface area contributed by atoms with Crippen LogP contribution in [0.1, 0.15) is 12.8 Å². The average molecular weight is 320 g/mol. The summed E-state index contributed by atoms with van der Waals surface area (Å²) in [7, 11) is 0. The number of rotatable bonds is 2. The summed E-state index contributed by atoms with van der Waals surface area (Å²) in [6, 6.07) is 1.80. The zero-order valence-corrected chi connectivity index (χ0v) is 13.0. The molecule has 1 aliphatic carbocycles. The van der Waals surface area contributed by atoms with Crippen molar-refractivity contribution < 1.29 is 13.9 Å². The number of amides is 1. The summed E-state index contributed by atoms with van der Waals surface area (Å²) in [4.78, 5) is 25.0. The van der Waals surface area contributed by atoms with Crippen LogP contribution in [-0.4, -0.2) is 65.8 Å². The molecule has 0 unspecified atom stereocenters. The minimum Gasteiger partial charge on any atom is -0.374 e. The number of hydrogen-bond donors (Lipinski definition) is 0. The number of hydrogen-bond acceptors (Lipinski definition) is 5. The first-order valence-electron chi connectivity index (χ1n) is 8.27. The average Bonchev–Trinajstić information content (AvgIpc) is 2.84. The first-order valence-corrected chi connectivity index (χ1v) is 8.27. The van der Waals surface area contributed by atoms with Crippen LogP contribution in [0.3, 0.4) is 0 Å². The molecule has 3 aliphatic rings. The number of nitrogens with zero attached hydrogens (tertiary/aromatic N) is 4. The number of ether oxygens (including phenoxy) is 1. The van der Waals surface area contributed by atoms with E-state index in [1.165, 1.54) is 0 Å². The Bertz CT molecular complexity index is 566. The van der Waals surface area contributed by atoms with Gasteiger partial charge in [-0.05, 0) is 18.9 Å². The van der Waals surface area contributed by atoms with E-state index in [0.717, 1.165) is 13.1 Å². The number of likely N-dealkylation sites (tertiary alicyclic amines) is 1. The van der Waals surface area contributed by atoms with Gasteiger partial charge in [-0.2, -0.15) is 0 Å². The lowest BCUT2D eigenvalue weighted by atomic mass is 9.82. The van der Waals surface area contributed by atoms with Gasteiger partial charge in [0.1, 0.15) is 6.17 Å². The molecule has 0 radical (unpaired) electrons. The van der Waals surface area contributed by atoms with Gasteiger partial charge in [-0.3, -0.25) is 4.79 Å². The predicted octanol–water partition coefficient (Wildman–Crippen LogP) is 0.888. The highest BCUT2D eigenvalue weighted by Crippen LogP contribution is 2.34. The van der Waals surface area contributed by atoms with E-state index < -0.39 is 6.17 Å². The smallest absolute Gasteiger partial charge is 0.225 e. The topological polar surface area (TPSA) is 58.6 Å². The summed E-state index contributed by atoms with van der Waals surface area (Å²) < 4.78 is 18.9. The fraction of sp³-hybridized carbons (Fsp3) is 0.688. The maximum absolute atomic E-state index is 13.0. The van der Waals surface area contributed by atoms with Crippen molar-refractivity contribution in [3.8, 4) is 0 Å². The van der Waals surface area contributed by atoms with Crippen molar-refractivity contribution in [2.24, 2.45) is 11.8 Å². The van der Waals surface area contributed by atoms with Gasteiger partial charge >= 0.3 is 0 Å². The highest BCUT2D eigenvalue weighted by atomic mass is 19.1. The number of carbonyl (C=O) groups excluding carboxylic acids is 1. The van der Waals surface area contributed by atoms with E-state index in [2.05, 4.69) is 14.9 Å². The third-order valence-corrected chi connectivity index (χ3v) is 5.11. The van der Waals surface area contributed by atoms with Crippen LogP contribution in [0.25, 0.3) is 0 Å². The van der Waals surface area contributed by atoms with Crippen molar-refractivity contribution in [3.05, 3.63) is 18.5 Å². The molecule has 1 saturated carbocycles. The molecule has 23 heavy (non-hydrogen) atoms. The molecule has 3 heterocycles. The monoisotopic (exact) mass is 320 g/mol. The fourth-order valence-corrected chi connectivity index (χ4v) is 3.72. The van der Waals surface area contributed by atoms with Gasteiger partial charge in [0.15, 0.2) is 0 Å². The summed E-state index contributed by atoms with van der Waals surface area (Å²) >= 11 is 0. The van der Waals surface area contributed by atoms with E-state index in [-0.39, 0.29) is 23.8 Å². The Morgan fingerprint density at radius 3 is 2.74 bits per heavy atom. The third kappa shape index (κ3) is 2.89. The van der Waals surface area contributed by atoms with E-state index in [1.54, 1.807) is 18.5 Å². The summed E-state index contributed by atoms with van der Waals surface area (Å²) in [6.07, 6.45) is 3.51. The zero-order chi connectivity index (χ0) is 15.8. The number of anilines is 1. The molecule has 0 N–H and O–H groups in total.